The lowest BCUT2D eigenvalue weighted by Crippen LogP contribution is -2.45. The smallest absolute Gasteiger partial charge is 0.250 e. The van der Waals surface area contributed by atoms with Crippen LogP contribution in [0.1, 0.15) is 15.9 Å². The normalized spacial score (nSPS) is 19.5. The van der Waals surface area contributed by atoms with Crippen LogP contribution in [0.15, 0.2) is 18.2 Å². The van der Waals surface area contributed by atoms with E-state index >= 15 is 0 Å². The van der Waals surface area contributed by atoms with Gasteiger partial charge in [-0.05, 0) is 24.6 Å². The number of nitrogens with one attached hydrogen (secondary N) is 2. The number of amides is 1. The van der Waals surface area contributed by atoms with Gasteiger partial charge in [-0.25, -0.2) is 0 Å². The molecule has 0 spiro atoms. The Morgan fingerprint density at radius 2 is 2.44 bits per heavy atom. The molecule has 1 amide bonds. The predicted molar refractivity (Wildman–Crippen MR) is 70.8 cm³/mol. The highest BCUT2D eigenvalue weighted by molar-refractivity contribution is 5.98. The van der Waals surface area contributed by atoms with Gasteiger partial charge in [-0.2, -0.15) is 0 Å². The fourth-order valence-electron chi connectivity index (χ4n) is 2.00. The Kier molecular flexibility index (Phi) is 4.17. The molecular formula is C13H19N3O2. The fourth-order valence-corrected chi connectivity index (χ4v) is 2.00. The van der Waals surface area contributed by atoms with Crippen molar-refractivity contribution < 1.29 is 9.53 Å². The van der Waals surface area contributed by atoms with E-state index in [0.29, 0.717) is 18.7 Å². The van der Waals surface area contributed by atoms with Crippen LogP contribution in [0.3, 0.4) is 0 Å². The van der Waals surface area contributed by atoms with Crippen molar-refractivity contribution in [3.05, 3.63) is 29.3 Å². The van der Waals surface area contributed by atoms with Crippen molar-refractivity contribution in [3.63, 3.8) is 0 Å². The summed E-state index contributed by atoms with van der Waals surface area (Å²) in [5, 5.41) is 6.61. The molecule has 1 aliphatic heterocycles. The van der Waals surface area contributed by atoms with E-state index in [1.165, 1.54) is 0 Å². The number of hydrogen-bond acceptors (Lipinski definition) is 4. The molecule has 1 unspecified atom stereocenters. The van der Waals surface area contributed by atoms with Crippen molar-refractivity contribution in [1.29, 1.82) is 0 Å². The average Bonchev–Trinajstić information content (AvgIpc) is 2.37. The number of benzene rings is 1. The van der Waals surface area contributed by atoms with Crippen LogP contribution in [0.2, 0.25) is 0 Å². The molecule has 0 aliphatic carbocycles. The lowest BCUT2D eigenvalue weighted by atomic mass is 10.1. The Bertz CT molecular complexity index is 428. The number of primary amides is 1. The molecule has 0 aromatic heterocycles. The topological polar surface area (TPSA) is 76.4 Å². The van der Waals surface area contributed by atoms with Gasteiger partial charge in [0.2, 0.25) is 0 Å². The van der Waals surface area contributed by atoms with E-state index in [1.54, 1.807) is 6.07 Å². The van der Waals surface area contributed by atoms with Gasteiger partial charge in [0, 0.05) is 24.8 Å². The van der Waals surface area contributed by atoms with Crippen LogP contribution < -0.4 is 16.4 Å². The van der Waals surface area contributed by atoms with Crippen LogP contribution in [0.5, 0.6) is 0 Å². The lowest BCUT2D eigenvalue weighted by Gasteiger charge is -2.24. The van der Waals surface area contributed by atoms with Gasteiger partial charge in [0.15, 0.2) is 0 Å². The molecule has 1 heterocycles. The largest absolute Gasteiger partial charge is 0.383 e. The van der Waals surface area contributed by atoms with Crippen LogP contribution in [-0.4, -0.2) is 38.3 Å². The molecule has 1 atom stereocenters. The van der Waals surface area contributed by atoms with Crippen LogP contribution in [0.25, 0.3) is 0 Å². The number of anilines is 1. The molecule has 0 saturated carbocycles. The van der Waals surface area contributed by atoms with Crippen LogP contribution >= 0.6 is 0 Å². The van der Waals surface area contributed by atoms with E-state index in [0.717, 1.165) is 24.4 Å². The highest BCUT2D eigenvalue weighted by Crippen LogP contribution is 2.17. The molecule has 1 saturated heterocycles. The van der Waals surface area contributed by atoms with Gasteiger partial charge < -0.3 is 21.1 Å². The van der Waals surface area contributed by atoms with Gasteiger partial charge in [-0.15, -0.1) is 0 Å². The zero-order valence-electron chi connectivity index (χ0n) is 10.5. The van der Waals surface area contributed by atoms with Gasteiger partial charge in [0.05, 0.1) is 18.8 Å². The van der Waals surface area contributed by atoms with Crippen LogP contribution in [0.4, 0.5) is 5.69 Å². The molecule has 1 aromatic carbocycles. The second-order valence-electron chi connectivity index (χ2n) is 4.52. The molecular weight excluding hydrogens is 230 g/mol. The summed E-state index contributed by atoms with van der Waals surface area (Å²) < 4.78 is 5.38. The van der Waals surface area contributed by atoms with Crippen molar-refractivity contribution in [2.45, 2.75) is 13.0 Å². The van der Waals surface area contributed by atoms with Crippen LogP contribution in [0, 0.1) is 6.92 Å². The third kappa shape index (κ3) is 3.21. The first-order valence-electron chi connectivity index (χ1n) is 6.12. The molecule has 5 heteroatoms. The number of carbonyl (C=O) groups is 1. The Labute approximate surface area is 107 Å². The van der Waals surface area contributed by atoms with E-state index in [2.05, 4.69) is 10.6 Å². The zero-order chi connectivity index (χ0) is 13.0. The minimum absolute atomic E-state index is 0.264. The fraction of sp³-hybridized carbons (Fsp3) is 0.462. The monoisotopic (exact) mass is 249 g/mol. The first-order valence-corrected chi connectivity index (χ1v) is 6.12. The lowest BCUT2D eigenvalue weighted by molar-refractivity contribution is 0.0806. The minimum atomic E-state index is -0.412. The minimum Gasteiger partial charge on any atom is -0.383 e. The first-order chi connectivity index (χ1) is 8.66. The zero-order valence-corrected chi connectivity index (χ0v) is 10.5. The maximum absolute atomic E-state index is 11.3. The van der Waals surface area contributed by atoms with Crippen molar-refractivity contribution in [2.24, 2.45) is 5.73 Å². The molecule has 4 N–H and O–H groups in total. The van der Waals surface area contributed by atoms with E-state index < -0.39 is 5.91 Å². The molecule has 1 aliphatic rings. The highest BCUT2D eigenvalue weighted by atomic mass is 16.5. The number of morpholine rings is 1. The van der Waals surface area contributed by atoms with Crippen molar-refractivity contribution in [2.75, 3.05) is 31.6 Å². The SMILES string of the molecule is Cc1ccc(C(N)=O)c(NCC2COCCN2)c1. The number of rotatable bonds is 4. The summed E-state index contributed by atoms with van der Waals surface area (Å²) in [6.07, 6.45) is 0. The second kappa shape index (κ2) is 5.84. The van der Waals surface area contributed by atoms with E-state index in [1.807, 2.05) is 19.1 Å². The molecule has 5 nitrogen and oxygen atoms in total. The van der Waals surface area contributed by atoms with Gasteiger partial charge in [0.1, 0.15) is 0 Å². The maximum Gasteiger partial charge on any atom is 0.250 e. The Balaban J connectivity index is 2.03. The maximum atomic E-state index is 11.3. The molecule has 2 rings (SSSR count). The number of ether oxygens (including phenoxy) is 1. The quantitative estimate of drug-likeness (QED) is 0.726. The highest BCUT2D eigenvalue weighted by Gasteiger charge is 2.14. The number of aryl methyl sites for hydroxylation is 1. The molecule has 18 heavy (non-hydrogen) atoms. The van der Waals surface area contributed by atoms with E-state index in [-0.39, 0.29) is 6.04 Å². The predicted octanol–water partition coefficient (Wildman–Crippen LogP) is 0.494. The molecule has 1 aromatic rings. The van der Waals surface area contributed by atoms with E-state index in [9.17, 15) is 4.79 Å². The Morgan fingerprint density at radius 1 is 1.61 bits per heavy atom. The molecule has 0 radical (unpaired) electrons. The van der Waals surface area contributed by atoms with Crippen molar-refractivity contribution in [1.82, 2.24) is 5.32 Å². The third-order valence-electron chi connectivity index (χ3n) is 2.98. The summed E-state index contributed by atoms with van der Waals surface area (Å²) in [5.41, 5.74) is 7.76. The summed E-state index contributed by atoms with van der Waals surface area (Å²) in [7, 11) is 0. The van der Waals surface area contributed by atoms with Gasteiger partial charge in [-0.1, -0.05) is 6.07 Å². The second-order valence-corrected chi connectivity index (χ2v) is 4.52. The van der Waals surface area contributed by atoms with Gasteiger partial charge in [0.25, 0.3) is 5.91 Å². The van der Waals surface area contributed by atoms with Gasteiger partial charge in [-0.3, -0.25) is 4.79 Å². The standard InChI is InChI=1S/C13H19N3O2/c1-9-2-3-11(13(14)17)12(6-9)16-7-10-8-18-5-4-15-10/h2-3,6,10,15-16H,4-5,7-8H2,1H3,(H2,14,17). The number of nitrogens with two attached hydrogens (primary N) is 1. The summed E-state index contributed by atoms with van der Waals surface area (Å²) in [5.74, 6) is -0.412. The number of carbonyl (C=O) groups excluding carboxylic acids is 1. The Hall–Kier alpha value is -1.59. The Morgan fingerprint density at radius 3 is 3.11 bits per heavy atom. The summed E-state index contributed by atoms with van der Waals surface area (Å²) >= 11 is 0. The summed E-state index contributed by atoms with van der Waals surface area (Å²) in [4.78, 5) is 11.3. The van der Waals surface area contributed by atoms with Crippen molar-refractivity contribution >= 4 is 11.6 Å². The summed E-state index contributed by atoms with van der Waals surface area (Å²) in [6.45, 7) is 5.00. The molecule has 98 valence electrons. The van der Waals surface area contributed by atoms with Crippen molar-refractivity contribution in [3.8, 4) is 0 Å². The molecule has 0 bridgehead atoms. The van der Waals surface area contributed by atoms with Gasteiger partial charge >= 0.3 is 0 Å². The third-order valence-corrected chi connectivity index (χ3v) is 2.98. The first kappa shape index (κ1) is 12.9. The van der Waals surface area contributed by atoms with E-state index in [4.69, 9.17) is 10.5 Å². The summed E-state index contributed by atoms with van der Waals surface area (Å²) in [6, 6.07) is 5.84. The molecule has 1 fully saturated rings. The van der Waals surface area contributed by atoms with Crippen LogP contribution in [-0.2, 0) is 4.74 Å². The average molecular weight is 249 g/mol. The number of hydrogen-bond donors (Lipinski definition) is 3.